The minimum absolute atomic E-state index is 0.220. The van der Waals surface area contributed by atoms with E-state index in [1.54, 1.807) is 49.1 Å². The monoisotopic (exact) mass is 414 g/mol. The van der Waals surface area contributed by atoms with Gasteiger partial charge in [0.25, 0.3) is 5.91 Å². The Bertz CT molecular complexity index is 733. The van der Waals surface area contributed by atoms with E-state index in [1.165, 1.54) is 0 Å². The zero-order valence-corrected chi connectivity index (χ0v) is 14.3. The zero-order valence-electron chi connectivity index (χ0n) is 11.4. The summed E-state index contributed by atoms with van der Waals surface area (Å²) in [6, 6.07) is 6.75. The van der Waals surface area contributed by atoms with Crippen molar-refractivity contribution in [2.24, 2.45) is 0 Å². The molecule has 1 aromatic carbocycles. The van der Waals surface area contributed by atoms with E-state index in [2.05, 4.69) is 33.0 Å². The van der Waals surface area contributed by atoms with Crippen molar-refractivity contribution >= 4 is 45.8 Å². The molecule has 5 nitrogen and oxygen atoms in total. The number of halogens is 2. The quantitative estimate of drug-likeness (QED) is 0.783. The number of nitrogens with zero attached hydrogens (tertiary/aromatic N) is 3. The molecule has 0 bridgehead atoms. The van der Waals surface area contributed by atoms with Gasteiger partial charge in [0.2, 0.25) is 0 Å². The molecule has 0 aliphatic rings. The van der Waals surface area contributed by atoms with E-state index >= 15 is 0 Å². The van der Waals surface area contributed by atoms with Crippen molar-refractivity contribution < 1.29 is 4.79 Å². The van der Waals surface area contributed by atoms with Crippen LogP contribution in [0.1, 0.15) is 19.4 Å². The van der Waals surface area contributed by atoms with E-state index in [0.29, 0.717) is 16.3 Å². The van der Waals surface area contributed by atoms with Gasteiger partial charge in [-0.05, 0) is 54.6 Å². The summed E-state index contributed by atoms with van der Waals surface area (Å²) in [7, 11) is 0. The molecule has 1 heterocycles. The van der Waals surface area contributed by atoms with Gasteiger partial charge in [-0.25, -0.2) is 0 Å². The average Bonchev–Trinajstić information content (AvgIpc) is 2.86. The number of hydrogen-bond acceptors (Lipinski definition) is 3. The Kier molecular flexibility index (Phi) is 4.54. The second kappa shape index (κ2) is 6.03. The molecule has 0 fully saturated rings. The van der Waals surface area contributed by atoms with Crippen LogP contribution in [0.3, 0.4) is 0 Å². The first kappa shape index (κ1) is 15.8. The Balaban J connectivity index is 2.21. The van der Waals surface area contributed by atoms with Crippen molar-refractivity contribution in [3.8, 4) is 6.07 Å². The first-order valence-corrected chi connectivity index (χ1v) is 7.52. The van der Waals surface area contributed by atoms with Gasteiger partial charge in [-0.1, -0.05) is 11.6 Å². The highest BCUT2D eigenvalue weighted by Gasteiger charge is 2.30. The smallest absolute Gasteiger partial charge is 0.251 e. The largest absolute Gasteiger partial charge is 0.324 e. The highest BCUT2D eigenvalue weighted by atomic mass is 127. The molecule has 1 aromatic heterocycles. The number of amides is 1. The molecule has 0 aliphatic carbocycles. The second-order valence-corrected chi connectivity index (χ2v) is 6.58. The third-order valence-corrected chi connectivity index (χ3v) is 3.90. The lowest BCUT2D eigenvalue weighted by atomic mass is 10.0. The summed E-state index contributed by atoms with van der Waals surface area (Å²) >= 11 is 8.09. The molecule has 108 valence electrons. The summed E-state index contributed by atoms with van der Waals surface area (Å²) in [5, 5.41) is 16.1. The molecule has 2 aromatic rings. The number of carbonyl (C=O) groups excluding carboxylic acids is 1. The molecule has 0 radical (unpaired) electrons. The van der Waals surface area contributed by atoms with Crippen LogP contribution in [0.5, 0.6) is 0 Å². The average molecular weight is 415 g/mol. The number of benzene rings is 1. The van der Waals surface area contributed by atoms with Crippen LogP contribution in [0.25, 0.3) is 0 Å². The molecular weight excluding hydrogens is 403 g/mol. The van der Waals surface area contributed by atoms with E-state index in [9.17, 15) is 4.79 Å². The minimum atomic E-state index is -0.843. The lowest BCUT2D eigenvalue weighted by Gasteiger charge is -2.24. The molecule has 0 saturated heterocycles. The summed E-state index contributed by atoms with van der Waals surface area (Å²) in [6.45, 7) is 3.55. The molecule has 1 amide bonds. The zero-order chi connectivity index (χ0) is 15.6. The summed E-state index contributed by atoms with van der Waals surface area (Å²) in [5.74, 6) is -0.220. The Morgan fingerprint density at radius 1 is 1.52 bits per heavy atom. The molecule has 7 heteroatoms. The molecule has 0 saturated carbocycles. The Hall–Kier alpha value is -1.59. The summed E-state index contributed by atoms with van der Waals surface area (Å²) in [5.41, 5.74) is 0.0681. The van der Waals surface area contributed by atoms with Crippen LogP contribution in [0.15, 0.2) is 30.6 Å². The van der Waals surface area contributed by atoms with E-state index in [-0.39, 0.29) is 5.91 Å². The molecule has 0 aliphatic heterocycles. The fraction of sp³-hybridized carbons (Fsp3) is 0.214. The van der Waals surface area contributed by atoms with Crippen LogP contribution < -0.4 is 5.32 Å². The van der Waals surface area contributed by atoms with Gasteiger partial charge in [0.05, 0.1) is 20.4 Å². The summed E-state index contributed by atoms with van der Waals surface area (Å²) in [6.07, 6.45) is 3.49. The molecule has 2 rings (SSSR count). The minimum Gasteiger partial charge on any atom is -0.324 e. The number of aromatic nitrogens is 2. The molecule has 1 N–H and O–H groups in total. The van der Waals surface area contributed by atoms with Gasteiger partial charge in [0.15, 0.2) is 0 Å². The first-order chi connectivity index (χ1) is 9.84. The van der Waals surface area contributed by atoms with Crippen molar-refractivity contribution in [1.82, 2.24) is 9.78 Å². The number of anilines is 1. The van der Waals surface area contributed by atoms with Gasteiger partial charge < -0.3 is 5.32 Å². The van der Waals surface area contributed by atoms with Crippen LogP contribution in [0.4, 0.5) is 5.69 Å². The molecule has 0 atom stereocenters. The van der Waals surface area contributed by atoms with Crippen molar-refractivity contribution in [1.29, 1.82) is 5.26 Å². The van der Waals surface area contributed by atoms with Crippen molar-refractivity contribution in [2.75, 3.05) is 5.32 Å². The highest BCUT2D eigenvalue weighted by molar-refractivity contribution is 14.1. The van der Waals surface area contributed by atoms with Crippen molar-refractivity contribution in [3.63, 3.8) is 0 Å². The maximum atomic E-state index is 12.4. The van der Waals surface area contributed by atoms with Gasteiger partial charge in [-0.3, -0.25) is 9.48 Å². The van der Waals surface area contributed by atoms with E-state index in [0.717, 1.165) is 3.57 Å². The van der Waals surface area contributed by atoms with E-state index in [1.807, 2.05) is 6.07 Å². The lowest BCUT2D eigenvalue weighted by molar-refractivity contribution is -0.123. The van der Waals surface area contributed by atoms with Crippen LogP contribution >= 0.6 is 34.2 Å². The number of carbonyl (C=O) groups is 1. The Morgan fingerprint density at radius 3 is 2.76 bits per heavy atom. The fourth-order valence-electron chi connectivity index (χ4n) is 1.68. The number of nitrogens with one attached hydrogen (secondary N) is 1. The van der Waals surface area contributed by atoms with Gasteiger partial charge in [-0.15, -0.1) is 0 Å². The van der Waals surface area contributed by atoms with Crippen LogP contribution in [-0.2, 0) is 10.3 Å². The summed E-state index contributed by atoms with van der Waals surface area (Å²) in [4.78, 5) is 12.4. The maximum absolute atomic E-state index is 12.4. The number of rotatable bonds is 3. The molecule has 21 heavy (non-hydrogen) atoms. The number of hydrogen-bond donors (Lipinski definition) is 1. The van der Waals surface area contributed by atoms with E-state index in [4.69, 9.17) is 16.9 Å². The Morgan fingerprint density at radius 2 is 2.24 bits per heavy atom. The third kappa shape index (κ3) is 3.36. The maximum Gasteiger partial charge on any atom is 0.251 e. The molecule has 0 unspecified atom stereocenters. The van der Waals surface area contributed by atoms with Gasteiger partial charge >= 0.3 is 0 Å². The first-order valence-electron chi connectivity index (χ1n) is 6.06. The third-order valence-electron chi connectivity index (χ3n) is 3.03. The highest BCUT2D eigenvalue weighted by Crippen LogP contribution is 2.23. The SMILES string of the molecule is CC(C)(C(=O)Nc1ccc(C#N)c(Cl)c1)n1cc(I)cn1. The van der Waals surface area contributed by atoms with Gasteiger partial charge in [0, 0.05) is 11.9 Å². The van der Waals surface area contributed by atoms with Gasteiger partial charge in [0.1, 0.15) is 11.6 Å². The van der Waals surface area contributed by atoms with Crippen LogP contribution in [0.2, 0.25) is 5.02 Å². The fourth-order valence-corrected chi connectivity index (χ4v) is 2.29. The second-order valence-electron chi connectivity index (χ2n) is 4.92. The predicted octanol–water partition coefficient (Wildman–Crippen LogP) is 3.39. The normalized spacial score (nSPS) is 11.0. The van der Waals surface area contributed by atoms with Crippen LogP contribution in [0, 0.1) is 14.9 Å². The number of nitriles is 1. The van der Waals surface area contributed by atoms with Crippen molar-refractivity contribution in [2.45, 2.75) is 19.4 Å². The van der Waals surface area contributed by atoms with E-state index < -0.39 is 5.54 Å². The lowest BCUT2D eigenvalue weighted by Crippen LogP contribution is -2.40. The van der Waals surface area contributed by atoms with Crippen molar-refractivity contribution in [3.05, 3.63) is 44.7 Å². The summed E-state index contributed by atoms with van der Waals surface area (Å²) < 4.78 is 2.56. The topological polar surface area (TPSA) is 70.7 Å². The van der Waals surface area contributed by atoms with Gasteiger partial charge in [-0.2, -0.15) is 10.4 Å². The standard InChI is InChI=1S/C14H12ClIN4O/c1-14(2,20-8-10(16)7-18-20)13(21)19-11-4-3-9(6-17)12(15)5-11/h3-5,7-8H,1-2H3,(H,19,21). The van der Waals surface area contributed by atoms with Crippen LogP contribution in [-0.4, -0.2) is 15.7 Å². The predicted molar refractivity (Wildman–Crippen MR) is 89.1 cm³/mol. The molecule has 0 spiro atoms. The molecular formula is C14H12ClIN4O. The Labute approximate surface area is 141 Å².